The molecule has 2 heteroatoms. The van der Waals surface area contributed by atoms with E-state index in [0.29, 0.717) is 0 Å². The van der Waals surface area contributed by atoms with Crippen LogP contribution in [0.15, 0.2) is 24.3 Å². The minimum absolute atomic E-state index is 0. The van der Waals surface area contributed by atoms with E-state index in [4.69, 9.17) is 0 Å². The molecule has 0 bridgehead atoms. The van der Waals surface area contributed by atoms with Gasteiger partial charge in [-0.3, -0.25) is 0 Å². The molecule has 0 atom stereocenters. The Kier molecular flexibility index (Phi) is 43.9. The summed E-state index contributed by atoms with van der Waals surface area (Å²) in [5, 5.41) is 3.70. The van der Waals surface area contributed by atoms with Crippen molar-refractivity contribution < 1.29 is 0 Å². The van der Waals surface area contributed by atoms with Crippen molar-refractivity contribution in [3.63, 3.8) is 0 Å². The molecule has 0 aliphatic rings. The maximum atomic E-state index is 3.70. The quantitative estimate of drug-likeness (QED) is 0.0550. The topological polar surface area (TPSA) is 15.3 Å². The molecule has 264 valence electrons. The second-order valence-electron chi connectivity index (χ2n) is 13.4. The minimum Gasteiger partial charge on any atom is -0.317 e. The van der Waals surface area contributed by atoms with Gasteiger partial charge in [0, 0.05) is 0 Å². The van der Waals surface area contributed by atoms with Crippen LogP contribution in [0.2, 0.25) is 0 Å². The first-order valence-corrected chi connectivity index (χ1v) is 20.1. The molecule has 0 heterocycles. The molecule has 1 N–H and O–H groups in total. The van der Waals surface area contributed by atoms with Crippen molar-refractivity contribution in [2.75, 3.05) is 32.7 Å². The van der Waals surface area contributed by atoms with Gasteiger partial charge in [0.25, 0.3) is 0 Å². The SMILES string of the molecule is C.CCCCCCCC/C=C/CCCCCCCCNCCCN(CC)CCCCCCCC/C=C/CCCCCCCC. The second-order valence-corrected chi connectivity index (χ2v) is 13.4. The van der Waals surface area contributed by atoms with Gasteiger partial charge in [-0.1, -0.05) is 168 Å². The van der Waals surface area contributed by atoms with Crippen LogP contribution in [0.3, 0.4) is 0 Å². The summed E-state index contributed by atoms with van der Waals surface area (Å²) in [5.41, 5.74) is 0. The Morgan fingerprint density at radius 1 is 0.364 bits per heavy atom. The molecule has 0 aromatic rings. The van der Waals surface area contributed by atoms with Crippen molar-refractivity contribution in [3.8, 4) is 0 Å². The van der Waals surface area contributed by atoms with Crippen LogP contribution in [0.1, 0.15) is 214 Å². The molecular weight excluding hydrogens is 532 g/mol. The van der Waals surface area contributed by atoms with Gasteiger partial charge in [0.1, 0.15) is 0 Å². The zero-order valence-corrected chi connectivity index (χ0v) is 30.3. The Morgan fingerprint density at radius 3 is 1.09 bits per heavy atom. The summed E-state index contributed by atoms with van der Waals surface area (Å²) in [5.74, 6) is 0. The van der Waals surface area contributed by atoms with Gasteiger partial charge in [-0.15, -0.1) is 0 Å². The molecule has 0 radical (unpaired) electrons. The molecule has 0 aromatic carbocycles. The fourth-order valence-corrected chi connectivity index (χ4v) is 6.06. The second kappa shape index (κ2) is 42.4. The minimum atomic E-state index is 0. The third-order valence-corrected chi connectivity index (χ3v) is 9.13. The van der Waals surface area contributed by atoms with Crippen molar-refractivity contribution in [2.24, 2.45) is 0 Å². The first kappa shape index (κ1) is 45.5. The fourth-order valence-electron chi connectivity index (χ4n) is 6.06. The lowest BCUT2D eigenvalue weighted by Gasteiger charge is -2.20. The number of hydrogen-bond acceptors (Lipinski definition) is 2. The first-order chi connectivity index (χ1) is 21.3. The predicted octanol–water partition coefficient (Wildman–Crippen LogP) is 14.0. The van der Waals surface area contributed by atoms with Crippen LogP contribution in [-0.4, -0.2) is 37.6 Å². The third-order valence-electron chi connectivity index (χ3n) is 9.13. The first-order valence-electron chi connectivity index (χ1n) is 20.1. The zero-order chi connectivity index (χ0) is 31.2. The predicted molar refractivity (Wildman–Crippen MR) is 205 cm³/mol. The standard InChI is InChI=1S/C41H82N2.CH4/c1-4-7-9-11-13-15-17-19-21-23-25-27-29-31-33-35-38-42-39-37-41-43(6-3)40-36-34-32-30-28-26-24-22-20-18-16-14-12-10-8-5-2;/h19-22,42H,4-18,23-41H2,1-3H3;1H4/b21-19+,22-20+;. The molecule has 0 saturated carbocycles. The maximum Gasteiger partial charge on any atom is -0.000676 e. The molecule has 0 saturated heterocycles. The average Bonchev–Trinajstić information content (AvgIpc) is 3.02. The molecule has 0 unspecified atom stereocenters. The van der Waals surface area contributed by atoms with Crippen molar-refractivity contribution in [1.29, 1.82) is 0 Å². The fraction of sp³-hybridized carbons (Fsp3) is 0.905. The molecule has 0 aliphatic heterocycles. The summed E-state index contributed by atoms with van der Waals surface area (Å²) in [7, 11) is 0. The molecule has 2 nitrogen and oxygen atoms in total. The van der Waals surface area contributed by atoms with Crippen LogP contribution < -0.4 is 5.32 Å². The largest absolute Gasteiger partial charge is 0.317 e. The Balaban J connectivity index is 0. The normalized spacial score (nSPS) is 11.8. The van der Waals surface area contributed by atoms with E-state index >= 15 is 0 Å². The lowest BCUT2D eigenvalue weighted by Crippen LogP contribution is -2.28. The number of nitrogens with one attached hydrogen (secondary N) is 1. The summed E-state index contributed by atoms with van der Waals surface area (Å²) in [6, 6.07) is 0. The molecule has 0 fully saturated rings. The monoisotopic (exact) mass is 619 g/mol. The Hall–Kier alpha value is -0.600. The van der Waals surface area contributed by atoms with E-state index in [9.17, 15) is 0 Å². The van der Waals surface area contributed by atoms with Gasteiger partial charge in [-0.25, -0.2) is 0 Å². The van der Waals surface area contributed by atoms with Gasteiger partial charge in [0.15, 0.2) is 0 Å². The number of hydrogen-bond donors (Lipinski definition) is 1. The molecule has 0 rings (SSSR count). The molecular formula is C42H86N2. The smallest absolute Gasteiger partial charge is 0.000676 e. The highest BCUT2D eigenvalue weighted by Gasteiger charge is 2.02. The number of unbranched alkanes of at least 4 members (excludes halogenated alkanes) is 24. The molecule has 0 aromatic heterocycles. The third kappa shape index (κ3) is 39.4. The van der Waals surface area contributed by atoms with E-state index in [0.717, 1.165) is 0 Å². The van der Waals surface area contributed by atoms with Gasteiger partial charge in [-0.05, 0) is 103 Å². The summed E-state index contributed by atoms with van der Waals surface area (Å²) < 4.78 is 0. The summed E-state index contributed by atoms with van der Waals surface area (Å²) in [6.45, 7) is 13.1. The van der Waals surface area contributed by atoms with E-state index in [1.807, 2.05) is 0 Å². The van der Waals surface area contributed by atoms with E-state index in [1.54, 1.807) is 0 Å². The molecule has 0 aliphatic carbocycles. The van der Waals surface area contributed by atoms with Crippen LogP contribution in [0.4, 0.5) is 0 Å². The average molecular weight is 619 g/mol. The van der Waals surface area contributed by atoms with E-state index in [2.05, 4.69) is 55.3 Å². The number of allylic oxidation sites excluding steroid dienone is 4. The Morgan fingerprint density at radius 2 is 0.682 bits per heavy atom. The Bertz CT molecular complexity index is 540. The van der Waals surface area contributed by atoms with Crippen LogP contribution in [0.25, 0.3) is 0 Å². The van der Waals surface area contributed by atoms with Crippen LogP contribution in [-0.2, 0) is 0 Å². The highest BCUT2D eigenvalue weighted by Crippen LogP contribution is 2.12. The van der Waals surface area contributed by atoms with Crippen molar-refractivity contribution in [2.45, 2.75) is 214 Å². The molecule has 0 spiro atoms. The van der Waals surface area contributed by atoms with Gasteiger partial charge < -0.3 is 10.2 Å². The summed E-state index contributed by atoms with van der Waals surface area (Å²) in [6.07, 6.45) is 50.0. The summed E-state index contributed by atoms with van der Waals surface area (Å²) in [4.78, 5) is 2.67. The van der Waals surface area contributed by atoms with E-state index in [-0.39, 0.29) is 7.43 Å². The Labute approximate surface area is 281 Å². The van der Waals surface area contributed by atoms with Gasteiger partial charge >= 0.3 is 0 Å². The highest BCUT2D eigenvalue weighted by atomic mass is 15.1. The maximum absolute atomic E-state index is 3.70. The van der Waals surface area contributed by atoms with Crippen LogP contribution in [0.5, 0.6) is 0 Å². The number of rotatable bonds is 37. The van der Waals surface area contributed by atoms with Crippen molar-refractivity contribution in [3.05, 3.63) is 24.3 Å². The lowest BCUT2D eigenvalue weighted by atomic mass is 10.1. The highest BCUT2D eigenvalue weighted by molar-refractivity contribution is 4.82. The zero-order valence-electron chi connectivity index (χ0n) is 30.3. The molecule has 0 amide bonds. The van der Waals surface area contributed by atoms with Crippen LogP contribution >= 0.6 is 0 Å². The van der Waals surface area contributed by atoms with Gasteiger partial charge in [0.05, 0.1) is 0 Å². The van der Waals surface area contributed by atoms with Crippen molar-refractivity contribution >= 4 is 0 Å². The van der Waals surface area contributed by atoms with Crippen molar-refractivity contribution in [1.82, 2.24) is 10.2 Å². The van der Waals surface area contributed by atoms with Crippen LogP contribution in [0, 0.1) is 0 Å². The van der Waals surface area contributed by atoms with E-state index < -0.39 is 0 Å². The van der Waals surface area contributed by atoms with Gasteiger partial charge in [0.2, 0.25) is 0 Å². The molecule has 44 heavy (non-hydrogen) atoms. The van der Waals surface area contributed by atoms with E-state index in [1.165, 1.54) is 219 Å². The lowest BCUT2D eigenvalue weighted by molar-refractivity contribution is 0.275. The number of nitrogens with zero attached hydrogens (tertiary/aromatic N) is 1. The summed E-state index contributed by atoms with van der Waals surface area (Å²) >= 11 is 0. The van der Waals surface area contributed by atoms with Gasteiger partial charge in [-0.2, -0.15) is 0 Å².